The van der Waals surface area contributed by atoms with Crippen molar-refractivity contribution in [2.45, 2.75) is 32.4 Å². The third-order valence-electron chi connectivity index (χ3n) is 3.34. The highest BCUT2D eigenvalue weighted by molar-refractivity contribution is 5.81. The third kappa shape index (κ3) is 3.67. The quantitative estimate of drug-likeness (QED) is 0.850. The summed E-state index contributed by atoms with van der Waals surface area (Å²) in [6.45, 7) is 4.34. The van der Waals surface area contributed by atoms with Crippen molar-refractivity contribution < 1.29 is 9.18 Å². The van der Waals surface area contributed by atoms with Gasteiger partial charge in [-0.25, -0.2) is 9.37 Å². The first-order chi connectivity index (χ1) is 10.4. The van der Waals surface area contributed by atoms with Crippen molar-refractivity contribution in [1.29, 1.82) is 0 Å². The van der Waals surface area contributed by atoms with Crippen molar-refractivity contribution in [1.82, 2.24) is 20.1 Å². The Balaban J connectivity index is 2.19. The number of nitrogens with two attached hydrogens (primary N) is 1. The van der Waals surface area contributed by atoms with E-state index in [2.05, 4.69) is 15.2 Å². The summed E-state index contributed by atoms with van der Waals surface area (Å²) in [4.78, 5) is 17.8. The Kier molecular flexibility index (Phi) is 4.87. The predicted molar refractivity (Wildman–Crippen MR) is 80.3 cm³/mol. The van der Waals surface area contributed by atoms with E-state index in [9.17, 15) is 9.18 Å². The van der Waals surface area contributed by atoms with Crippen LogP contribution in [0.25, 0.3) is 0 Å². The zero-order valence-corrected chi connectivity index (χ0v) is 12.9. The van der Waals surface area contributed by atoms with E-state index in [0.717, 1.165) is 0 Å². The van der Waals surface area contributed by atoms with Gasteiger partial charge in [-0.15, -0.1) is 0 Å². The topological polar surface area (TPSA) is 87.9 Å². The van der Waals surface area contributed by atoms with E-state index >= 15 is 0 Å². The van der Waals surface area contributed by atoms with Crippen molar-refractivity contribution in [3.8, 4) is 0 Å². The molecular formula is C15H20FN5O. The van der Waals surface area contributed by atoms with Crippen molar-refractivity contribution in [2.24, 2.45) is 5.73 Å². The number of benzene rings is 1. The number of H-pyrrole nitrogens is 1. The van der Waals surface area contributed by atoms with E-state index in [1.807, 2.05) is 13.8 Å². The lowest BCUT2D eigenvalue weighted by Gasteiger charge is -2.24. The van der Waals surface area contributed by atoms with Crippen LogP contribution in [0.4, 0.5) is 4.39 Å². The molecular weight excluding hydrogens is 285 g/mol. The van der Waals surface area contributed by atoms with Crippen LogP contribution in [-0.2, 0) is 11.3 Å². The second-order valence-corrected chi connectivity index (χ2v) is 5.57. The van der Waals surface area contributed by atoms with Gasteiger partial charge in [0, 0.05) is 5.92 Å². The number of nitrogens with one attached hydrogen (secondary N) is 1. The summed E-state index contributed by atoms with van der Waals surface area (Å²) in [6.07, 6.45) is 0. The van der Waals surface area contributed by atoms with Gasteiger partial charge in [-0.2, -0.15) is 5.10 Å². The molecule has 1 aromatic heterocycles. The number of carbonyl (C=O) groups is 1. The normalized spacial score (nSPS) is 12.8. The fourth-order valence-electron chi connectivity index (χ4n) is 2.28. The lowest BCUT2D eigenvalue weighted by Crippen LogP contribution is -2.35. The molecule has 118 valence electrons. The molecule has 0 radical (unpaired) electrons. The Bertz CT molecular complexity index is 655. The van der Waals surface area contributed by atoms with E-state index < -0.39 is 17.8 Å². The number of likely N-dealkylation sites (N-methyl/N-ethyl adjacent to an activating group) is 1. The molecule has 6 nitrogen and oxygen atoms in total. The summed E-state index contributed by atoms with van der Waals surface area (Å²) in [7, 11) is 1.73. The highest BCUT2D eigenvalue weighted by Gasteiger charge is 2.24. The van der Waals surface area contributed by atoms with Crippen LogP contribution in [0, 0.1) is 5.82 Å². The number of aromatic amines is 1. The van der Waals surface area contributed by atoms with Gasteiger partial charge in [0.2, 0.25) is 5.91 Å². The summed E-state index contributed by atoms with van der Waals surface area (Å²) >= 11 is 0. The van der Waals surface area contributed by atoms with Crippen LogP contribution in [0.1, 0.15) is 43.0 Å². The van der Waals surface area contributed by atoms with Gasteiger partial charge in [-0.1, -0.05) is 26.0 Å². The summed E-state index contributed by atoms with van der Waals surface area (Å²) in [5.41, 5.74) is 5.99. The molecule has 0 aliphatic rings. The fourth-order valence-corrected chi connectivity index (χ4v) is 2.28. The van der Waals surface area contributed by atoms with E-state index in [1.165, 1.54) is 12.1 Å². The molecule has 1 unspecified atom stereocenters. The van der Waals surface area contributed by atoms with Gasteiger partial charge in [0.15, 0.2) is 5.82 Å². The van der Waals surface area contributed by atoms with Crippen LogP contribution in [0.3, 0.4) is 0 Å². The first-order valence-corrected chi connectivity index (χ1v) is 7.04. The average molecular weight is 305 g/mol. The van der Waals surface area contributed by atoms with Gasteiger partial charge in [-0.05, 0) is 24.7 Å². The largest absolute Gasteiger partial charge is 0.368 e. The minimum atomic E-state index is -0.733. The highest BCUT2D eigenvalue weighted by atomic mass is 19.1. The zero-order valence-electron chi connectivity index (χ0n) is 12.9. The molecule has 0 aliphatic heterocycles. The van der Waals surface area contributed by atoms with Gasteiger partial charge < -0.3 is 5.73 Å². The van der Waals surface area contributed by atoms with Crippen LogP contribution < -0.4 is 5.73 Å². The molecule has 1 amide bonds. The molecule has 1 heterocycles. The molecule has 7 heteroatoms. The van der Waals surface area contributed by atoms with E-state index in [-0.39, 0.29) is 5.92 Å². The summed E-state index contributed by atoms with van der Waals surface area (Å²) in [5, 5.41) is 6.97. The Hall–Kier alpha value is -2.28. The lowest BCUT2D eigenvalue weighted by atomic mass is 10.0. The number of halogens is 1. The molecule has 0 saturated carbocycles. The molecule has 3 N–H and O–H groups in total. The summed E-state index contributed by atoms with van der Waals surface area (Å²) in [6, 6.07) is 5.14. The molecule has 2 rings (SSSR count). The van der Waals surface area contributed by atoms with E-state index in [4.69, 9.17) is 5.73 Å². The molecule has 0 spiro atoms. The lowest BCUT2D eigenvalue weighted by molar-refractivity contribution is -0.123. The predicted octanol–water partition coefficient (Wildman–Crippen LogP) is 1.73. The molecule has 22 heavy (non-hydrogen) atoms. The Labute approximate surface area is 128 Å². The minimum absolute atomic E-state index is 0.213. The van der Waals surface area contributed by atoms with Gasteiger partial charge >= 0.3 is 0 Å². The van der Waals surface area contributed by atoms with Crippen LogP contribution in [-0.4, -0.2) is 33.0 Å². The Morgan fingerprint density at radius 2 is 2.18 bits per heavy atom. The average Bonchev–Trinajstić information content (AvgIpc) is 2.87. The van der Waals surface area contributed by atoms with Crippen LogP contribution in [0.2, 0.25) is 0 Å². The maximum absolute atomic E-state index is 13.4. The van der Waals surface area contributed by atoms with Crippen LogP contribution in [0.5, 0.6) is 0 Å². The summed E-state index contributed by atoms with van der Waals surface area (Å²) < 4.78 is 13.4. The first kappa shape index (κ1) is 16.1. The second kappa shape index (κ2) is 6.65. The van der Waals surface area contributed by atoms with E-state index in [1.54, 1.807) is 24.1 Å². The fraction of sp³-hybridized carbons (Fsp3) is 0.400. The second-order valence-electron chi connectivity index (χ2n) is 5.57. The van der Waals surface area contributed by atoms with Crippen molar-refractivity contribution in [3.05, 3.63) is 47.3 Å². The number of aromatic nitrogens is 3. The number of carbonyl (C=O) groups excluding carboxylic acids is 1. The maximum atomic E-state index is 13.4. The Morgan fingerprint density at radius 3 is 2.73 bits per heavy atom. The molecule has 1 aromatic carbocycles. The molecule has 0 bridgehead atoms. The minimum Gasteiger partial charge on any atom is -0.368 e. The molecule has 0 aliphatic carbocycles. The SMILES string of the molecule is CC(C)c1n[nH]c(CN(C)C(C(N)=O)c2cccc(F)c2)n1. The first-order valence-electron chi connectivity index (χ1n) is 7.04. The van der Waals surface area contributed by atoms with E-state index in [0.29, 0.717) is 23.8 Å². The van der Waals surface area contributed by atoms with Gasteiger partial charge in [0.1, 0.15) is 17.7 Å². The van der Waals surface area contributed by atoms with Crippen LogP contribution >= 0.6 is 0 Å². The number of rotatable bonds is 6. The van der Waals surface area contributed by atoms with Crippen molar-refractivity contribution in [2.75, 3.05) is 7.05 Å². The zero-order chi connectivity index (χ0) is 16.3. The van der Waals surface area contributed by atoms with Gasteiger partial charge in [0.25, 0.3) is 0 Å². The number of hydrogen-bond donors (Lipinski definition) is 2. The Morgan fingerprint density at radius 1 is 1.45 bits per heavy atom. The number of hydrogen-bond acceptors (Lipinski definition) is 4. The molecule has 0 saturated heterocycles. The van der Waals surface area contributed by atoms with Gasteiger partial charge in [-0.3, -0.25) is 14.8 Å². The van der Waals surface area contributed by atoms with Crippen molar-refractivity contribution >= 4 is 5.91 Å². The maximum Gasteiger partial charge on any atom is 0.239 e. The number of nitrogens with zero attached hydrogens (tertiary/aromatic N) is 3. The van der Waals surface area contributed by atoms with Crippen molar-refractivity contribution in [3.63, 3.8) is 0 Å². The molecule has 0 fully saturated rings. The number of amides is 1. The monoisotopic (exact) mass is 305 g/mol. The smallest absolute Gasteiger partial charge is 0.239 e. The molecule has 2 aromatic rings. The number of primary amides is 1. The highest BCUT2D eigenvalue weighted by Crippen LogP contribution is 2.21. The standard InChI is InChI=1S/C15H20FN5O/c1-9(2)15-18-12(19-20-15)8-21(3)13(14(17)22)10-5-4-6-11(16)7-10/h4-7,9,13H,8H2,1-3H3,(H2,17,22)(H,18,19,20). The van der Waals surface area contributed by atoms with Crippen LogP contribution in [0.15, 0.2) is 24.3 Å². The summed E-state index contributed by atoms with van der Waals surface area (Å²) in [5.74, 6) is 0.611. The van der Waals surface area contributed by atoms with Gasteiger partial charge in [0.05, 0.1) is 6.54 Å². The third-order valence-corrected chi connectivity index (χ3v) is 3.34. The molecule has 1 atom stereocenters.